The molecule has 13 heavy (non-hydrogen) atoms. The average molecular weight is 187 g/mol. The van der Waals surface area contributed by atoms with E-state index < -0.39 is 0 Å². The van der Waals surface area contributed by atoms with Gasteiger partial charge in [-0.2, -0.15) is 0 Å². The zero-order valence-electron chi connectivity index (χ0n) is 8.54. The van der Waals surface area contributed by atoms with E-state index in [4.69, 9.17) is 9.84 Å². The highest BCUT2D eigenvalue weighted by molar-refractivity contribution is 4.73. The summed E-state index contributed by atoms with van der Waals surface area (Å²) in [6, 6.07) is 0. The SMILES string of the molecule is C=CCN(CCO)CCCCOC. The summed E-state index contributed by atoms with van der Waals surface area (Å²) in [5.41, 5.74) is 0. The predicted octanol–water partition coefficient (Wildman–Crippen LogP) is 0.893. The maximum Gasteiger partial charge on any atom is 0.0558 e. The number of hydrogen-bond acceptors (Lipinski definition) is 3. The molecule has 0 aromatic rings. The Morgan fingerprint density at radius 3 is 2.69 bits per heavy atom. The summed E-state index contributed by atoms with van der Waals surface area (Å²) in [7, 11) is 1.72. The molecule has 0 rings (SSSR count). The van der Waals surface area contributed by atoms with Crippen molar-refractivity contribution >= 4 is 0 Å². The van der Waals surface area contributed by atoms with E-state index in [1.54, 1.807) is 7.11 Å². The number of nitrogens with zero attached hydrogens (tertiary/aromatic N) is 1. The number of rotatable bonds is 9. The van der Waals surface area contributed by atoms with Gasteiger partial charge in [0.1, 0.15) is 0 Å². The summed E-state index contributed by atoms with van der Waals surface area (Å²) in [5, 5.41) is 8.77. The standard InChI is InChI=1S/C10H21NO2/c1-3-6-11(8-9-12)7-4-5-10-13-2/h3,12H,1,4-10H2,2H3. The number of methoxy groups -OCH3 is 1. The van der Waals surface area contributed by atoms with Gasteiger partial charge >= 0.3 is 0 Å². The fourth-order valence-corrected chi connectivity index (χ4v) is 1.20. The van der Waals surface area contributed by atoms with Gasteiger partial charge in [0.2, 0.25) is 0 Å². The Morgan fingerprint density at radius 2 is 2.15 bits per heavy atom. The van der Waals surface area contributed by atoms with Gasteiger partial charge in [-0.05, 0) is 19.4 Å². The molecule has 0 aliphatic heterocycles. The van der Waals surface area contributed by atoms with E-state index in [1.165, 1.54) is 0 Å². The highest BCUT2D eigenvalue weighted by Gasteiger charge is 2.00. The Kier molecular flexibility index (Phi) is 9.42. The third kappa shape index (κ3) is 7.96. The Hall–Kier alpha value is -0.380. The lowest BCUT2D eigenvalue weighted by molar-refractivity contribution is 0.176. The number of aliphatic hydroxyl groups is 1. The third-order valence-electron chi connectivity index (χ3n) is 1.88. The van der Waals surface area contributed by atoms with Crippen molar-refractivity contribution in [3.63, 3.8) is 0 Å². The van der Waals surface area contributed by atoms with Gasteiger partial charge < -0.3 is 9.84 Å². The van der Waals surface area contributed by atoms with Gasteiger partial charge in [0.05, 0.1) is 6.61 Å². The van der Waals surface area contributed by atoms with E-state index in [2.05, 4.69) is 11.5 Å². The predicted molar refractivity (Wildman–Crippen MR) is 54.8 cm³/mol. The Morgan fingerprint density at radius 1 is 1.38 bits per heavy atom. The van der Waals surface area contributed by atoms with Crippen LogP contribution in [0.15, 0.2) is 12.7 Å². The topological polar surface area (TPSA) is 32.7 Å². The Labute approximate surface area is 81.0 Å². The molecule has 3 heteroatoms. The first-order chi connectivity index (χ1) is 6.35. The summed E-state index contributed by atoms with van der Waals surface area (Å²) in [5.74, 6) is 0. The molecule has 0 radical (unpaired) electrons. The third-order valence-corrected chi connectivity index (χ3v) is 1.88. The Bertz CT molecular complexity index is 117. The lowest BCUT2D eigenvalue weighted by Crippen LogP contribution is -2.28. The van der Waals surface area contributed by atoms with Crippen molar-refractivity contribution in [2.24, 2.45) is 0 Å². The van der Waals surface area contributed by atoms with Crippen LogP contribution in [0.5, 0.6) is 0 Å². The van der Waals surface area contributed by atoms with Gasteiger partial charge in [0, 0.05) is 26.8 Å². The molecule has 0 spiro atoms. The van der Waals surface area contributed by atoms with E-state index in [9.17, 15) is 0 Å². The molecule has 78 valence electrons. The van der Waals surface area contributed by atoms with Crippen molar-refractivity contribution in [1.82, 2.24) is 4.90 Å². The number of ether oxygens (including phenoxy) is 1. The van der Waals surface area contributed by atoms with Crippen molar-refractivity contribution in [3.05, 3.63) is 12.7 Å². The molecule has 0 aromatic heterocycles. The maximum absolute atomic E-state index is 8.77. The van der Waals surface area contributed by atoms with Gasteiger partial charge in [-0.1, -0.05) is 6.08 Å². The molecule has 0 aliphatic carbocycles. The lowest BCUT2D eigenvalue weighted by Gasteiger charge is -2.18. The van der Waals surface area contributed by atoms with Crippen LogP contribution in [0.3, 0.4) is 0 Å². The molecule has 0 unspecified atom stereocenters. The molecule has 0 atom stereocenters. The quantitative estimate of drug-likeness (QED) is 0.430. The van der Waals surface area contributed by atoms with Crippen molar-refractivity contribution < 1.29 is 9.84 Å². The maximum atomic E-state index is 8.77. The first-order valence-corrected chi connectivity index (χ1v) is 4.78. The second-order valence-corrected chi connectivity index (χ2v) is 3.01. The van der Waals surface area contributed by atoms with E-state index >= 15 is 0 Å². The molecule has 0 bridgehead atoms. The van der Waals surface area contributed by atoms with Crippen LogP contribution in [0, 0.1) is 0 Å². The second kappa shape index (κ2) is 9.71. The van der Waals surface area contributed by atoms with Crippen LogP contribution in [0.2, 0.25) is 0 Å². The normalized spacial score (nSPS) is 10.7. The van der Waals surface area contributed by atoms with E-state index in [0.717, 1.165) is 39.1 Å². The number of unbranched alkanes of at least 4 members (excludes halogenated alkanes) is 1. The van der Waals surface area contributed by atoms with Crippen LogP contribution in [-0.4, -0.2) is 50.0 Å². The second-order valence-electron chi connectivity index (χ2n) is 3.01. The van der Waals surface area contributed by atoms with E-state index in [-0.39, 0.29) is 6.61 Å². The molecule has 0 saturated heterocycles. The highest BCUT2D eigenvalue weighted by atomic mass is 16.5. The van der Waals surface area contributed by atoms with E-state index in [1.807, 2.05) is 6.08 Å². The van der Waals surface area contributed by atoms with Crippen LogP contribution in [0.4, 0.5) is 0 Å². The van der Waals surface area contributed by atoms with Gasteiger partial charge in [-0.15, -0.1) is 6.58 Å². The molecule has 0 aromatic carbocycles. The summed E-state index contributed by atoms with van der Waals surface area (Å²) < 4.78 is 4.96. The van der Waals surface area contributed by atoms with Gasteiger partial charge in [0.15, 0.2) is 0 Å². The van der Waals surface area contributed by atoms with Crippen LogP contribution in [0.1, 0.15) is 12.8 Å². The average Bonchev–Trinajstić information content (AvgIpc) is 2.13. The fraction of sp³-hybridized carbons (Fsp3) is 0.800. The minimum Gasteiger partial charge on any atom is -0.395 e. The van der Waals surface area contributed by atoms with Crippen molar-refractivity contribution in [2.45, 2.75) is 12.8 Å². The summed E-state index contributed by atoms with van der Waals surface area (Å²) in [4.78, 5) is 2.18. The first-order valence-electron chi connectivity index (χ1n) is 4.78. The van der Waals surface area contributed by atoms with Crippen molar-refractivity contribution in [3.8, 4) is 0 Å². The van der Waals surface area contributed by atoms with Crippen LogP contribution in [-0.2, 0) is 4.74 Å². The monoisotopic (exact) mass is 187 g/mol. The summed E-state index contributed by atoms with van der Waals surface area (Å²) >= 11 is 0. The van der Waals surface area contributed by atoms with Gasteiger partial charge in [-0.25, -0.2) is 0 Å². The molecular weight excluding hydrogens is 166 g/mol. The summed E-state index contributed by atoms with van der Waals surface area (Å²) in [6.45, 7) is 7.32. The minimum atomic E-state index is 0.220. The molecule has 0 aliphatic rings. The molecule has 0 fully saturated rings. The highest BCUT2D eigenvalue weighted by Crippen LogP contribution is 1.95. The molecule has 0 amide bonds. The van der Waals surface area contributed by atoms with Gasteiger partial charge in [-0.3, -0.25) is 4.90 Å². The van der Waals surface area contributed by atoms with Crippen LogP contribution in [0.25, 0.3) is 0 Å². The van der Waals surface area contributed by atoms with Crippen molar-refractivity contribution in [2.75, 3.05) is 40.0 Å². The molecular formula is C10H21NO2. The van der Waals surface area contributed by atoms with Crippen molar-refractivity contribution in [1.29, 1.82) is 0 Å². The smallest absolute Gasteiger partial charge is 0.0558 e. The zero-order chi connectivity index (χ0) is 9.94. The fourth-order valence-electron chi connectivity index (χ4n) is 1.20. The number of hydrogen-bond donors (Lipinski definition) is 1. The Balaban J connectivity index is 3.38. The lowest BCUT2D eigenvalue weighted by atomic mass is 10.3. The zero-order valence-corrected chi connectivity index (χ0v) is 8.54. The first kappa shape index (κ1) is 12.6. The molecule has 3 nitrogen and oxygen atoms in total. The number of aliphatic hydroxyl groups excluding tert-OH is 1. The molecule has 1 N–H and O–H groups in total. The molecule has 0 heterocycles. The van der Waals surface area contributed by atoms with E-state index in [0.29, 0.717) is 0 Å². The molecule has 0 saturated carbocycles. The van der Waals surface area contributed by atoms with Crippen LogP contribution < -0.4 is 0 Å². The minimum absolute atomic E-state index is 0.220. The van der Waals surface area contributed by atoms with Crippen LogP contribution >= 0.6 is 0 Å². The largest absolute Gasteiger partial charge is 0.395 e. The summed E-state index contributed by atoms with van der Waals surface area (Å²) in [6.07, 6.45) is 4.06. The van der Waals surface area contributed by atoms with Gasteiger partial charge in [0.25, 0.3) is 0 Å².